The Kier molecular flexibility index (Phi) is 4.30. The number of hydrogen-bond donors (Lipinski definition) is 0. The van der Waals surface area contributed by atoms with E-state index in [-0.39, 0.29) is 7.93 Å². The zero-order chi connectivity index (χ0) is 10.6. The van der Waals surface area contributed by atoms with Gasteiger partial charge in [-0.15, -0.1) is 0 Å². The molecule has 1 atom stereocenters. The average molecular weight is 235 g/mol. The summed E-state index contributed by atoms with van der Waals surface area (Å²) < 4.78 is 15.5. The molecule has 5 heteroatoms. The molecule has 1 aromatic rings. The number of benzene rings is 1. The number of halogens is 1. The van der Waals surface area contributed by atoms with E-state index in [0.29, 0.717) is 17.2 Å². The fourth-order valence-corrected chi connectivity index (χ4v) is 2.19. The van der Waals surface area contributed by atoms with Crippen LogP contribution >= 0.6 is 19.2 Å². The second-order valence-electron chi connectivity index (χ2n) is 2.50. The van der Waals surface area contributed by atoms with Crippen molar-refractivity contribution in [1.82, 2.24) is 0 Å². The van der Waals surface area contributed by atoms with Crippen molar-refractivity contribution >= 4 is 24.5 Å². The quantitative estimate of drug-likeness (QED) is 0.748. The molecular weight excluding hydrogens is 223 g/mol. The lowest BCUT2D eigenvalue weighted by Gasteiger charge is -2.12. The molecule has 0 aromatic heterocycles. The summed E-state index contributed by atoms with van der Waals surface area (Å²) >= 11 is 5.82. The second kappa shape index (κ2) is 5.28. The molecule has 78 valence electrons. The van der Waals surface area contributed by atoms with Crippen LogP contribution in [0.3, 0.4) is 0 Å². The molecule has 0 aliphatic carbocycles. The van der Waals surface area contributed by atoms with Crippen LogP contribution in [0.5, 0.6) is 17.2 Å². The van der Waals surface area contributed by atoms with Crippen molar-refractivity contribution < 1.29 is 14.2 Å². The summed E-state index contributed by atoms with van der Waals surface area (Å²) in [6.07, 6.45) is 0. The Morgan fingerprint density at radius 3 is 1.79 bits per heavy atom. The van der Waals surface area contributed by atoms with E-state index in [1.165, 1.54) is 0 Å². The van der Waals surface area contributed by atoms with Crippen LogP contribution in [-0.4, -0.2) is 21.3 Å². The van der Waals surface area contributed by atoms with Crippen molar-refractivity contribution in [2.45, 2.75) is 0 Å². The van der Waals surface area contributed by atoms with E-state index in [9.17, 15) is 0 Å². The van der Waals surface area contributed by atoms with E-state index in [2.05, 4.69) is 0 Å². The Morgan fingerprint density at radius 2 is 1.50 bits per heavy atom. The summed E-state index contributed by atoms with van der Waals surface area (Å²) in [4.78, 5) is 0. The Balaban J connectivity index is 3.24. The van der Waals surface area contributed by atoms with Gasteiger partial charge in [-0.3, -0.25) is 0 Å². The lowest BCUT2D eigenvalue weighted by molar-refractivity contribution is 0.380. The SMILES string of the molecule is COc1cc(OC)c(PCl)c(OC)c1. The van der Waals surface area contributed by atoms with Gasteiger partial charge in [-0.25, -0.2) is 0 Å². The highest BCUT2D eigenvalue weighted by molar-refractivity contribution is 7.75. The first-order chi connectivity index (χ1) is 6.76. The first-order valence-corrected chi connectivity index (χ1v) is 5.94. The Hall–Kier alpha value is -0.660. The first kappa shape index (κ1) is 11.4. The van der Waals surface area contributed by atoms with Crippen LogP contribution in [-0.2, 0) is 0 Å². The molecule has 0 radical (unpaired) electrons. The minimum Gasteiger partial charge on any atom is -0.496 e. The van der Waals surface area contributed by atoms with Gasteiger partial charge in [0.2, 0.25) is 0 Å². The minimum atomic E-state index is 0.106. The smallest absolute Gasteiger partial charge is 0.134 e. The highest BCUT2D eigenvalue weighted by Gasteiger charge is 2.11. The summed E-state index contributed by atoms with van der Waals surface area (Å²) in [5, 5.41) is 0.859. The van der Waals surface area contributed by atoms with Crippen LogP contribution in [0.15, 0.2) is 12.1 Å². The van der Waals surface area contributed by atoms with Gasteiger partial charge in [-0.05, 0) is 0 Å². The topological polar surface area (TPSA) is 27.7 Å². The maximum absolute atomic E-state index is 5.82. The normalized spacial score (nSPS) is 10.6. The zero-order valence-electron chi connectivity index (χ0n) is 8.26. The lowest BCUT2D eigenvalue weighted by atomic mass is 10.3. The number of hydrogen-bond acceptors (Lipinski definition) is 3. The van der Waals surface area contributed by atoms with E-state index in [1.807, 2.05) is 0 Å². The van der Waals surface area contributed by atoms with Crippen molar-refractivity contribution in [2.24, 2.45) is 0 Å². The van der Waals surface area contributed by atoms with Crippen LogP contribution in [0, 0.1) is 0 Å². The number of ether oxygens (including phenoxy) is 3. The van der Waals surface area contributed by atoms with Gasteiger partial charge < -0.3 is 14.2 Å². The van der Waals surface area contributed by atoms with Gasteiger partial charge in [-0.1, -0.05) is 11.2 Å². The van der Waals surface area contributed by atoms with Crippen LogP contribution in [0.1, 0.15) is 0 Å². The van der Waals surface area contributed by atoms with Crippen LogP contribution in [0.2, 0.25) is 0 Å². The largest absolute Gasteiger partial charge is 0.496 e. The van der Waals surface area contributed by atoms with Crippen LogP contribution in [0.4, 0.5) is 0 Å². The number of rotatable bonds is 4. The van der Waals surface area contributed by atoms with E-state index in [4.69, 9.17) is 25.5 Å². The van der Waals surface area contributed by atoms with E-state index in [1.54, 1.807) is 33.5 Å². The van der Waals surface area contributed by atoms with Crippen molar-refractivity contribution in [3.05, 3.63) is 12.1 Å². The lowest BCUT2D eigenvalue weighted by Crippen LogP contribution is -2.05. The third kappa shape index (κ3) is 2.23. The second-order valence-corrected chi connectivity index (χ2v) is 3.76. The molecule has 0 heterocycles. The molecule has 0 saturated carbocycles. The molecule has 0 fully saturated rings. The molecule has 0 aliphatic heterocycles. The zero-order valence-corrected chi connectivity index (χ0v) is 10.0. The van der Waals surface area contributed by atoms with Gasteiger partial charge in [0, 0.05) is 20.1 Å². The van der Waals surface area contributed by atoms with E-state index < -0.39 is 0 Å². The molecule has 3 nitrogen and oxygen atoms in total. The van der Waals surface area contributed by atoms with Gasteiger partial charge in [0.05, 0.1) is 26.6 Å². The van der Waals surface area contributed by atoms with Crippen molar-refractivity contribution in [1.29, 1.82) is 0 Å². The summed E-state index contributed by atoms with van der Waals surface area (Å²) in [7, 11) is 4.88. The predicted molar refractivity (Wildman–Crippen MR) is 59.9 cm³/mol. The summed E-state index contributed by atoms with van der Waals surface area (Å²) in [5.41, 5.74) is 0. The highest BCUT2D eigenvalue weighted by Crippen LogP contribution is 2.33. The average Bonchev–Trinajstić information content (AvgIpc) is 2.26. The maximum atomic E-state index is 5.82. The Bertz CT molecular complexity index is 292. The van der Waals surface area contributed by atoms with Crippen molar-refractivity contribution in [2.75, 3.05) is 21.3 Å². The number of methoxy groups -OCH3 is 3. The minimum absolute atomic E-state index is 0.106. The molecule has 0 bridgehead atoms. The van der Waals surface area contributed by atoms with Gasteiger partial charge in [-0.2, -0.15) is 0 Å². The molecular formula is C9H12ClO3P. The molecule has 0 spiro atoms. The van der Waals surface area contributed by atoms with Crippen LogP contribution < -0.4 is 19.5 Å². The summed E-state index contributed by atoms with van der Waals surface area (Å²) in [5.74, 6) is 2.07. The Labute approximate surface area is 89.9 Å². The van der Waals surface area contributed by atoms with Crippen molar-refractivity contribution in [3.63, 3.8) is 0 Å². The molecule has 0 amide bonds. The third-order valence-electron chi connectivity index (χ3n) is 1.81. The van der Waals surface area contributed by atoms with Crippen molar-refractivity contribution in [3.8, 4) is 17.2 Å². The van der Waals surface area contributed by atoms with Gasteiger partial charge >= 0.3 is 0 Å². The van der Waals surface area contributed by atoms with E-state index >= 15 is 0 Å². The van der Waals surface area contributed by atoms with Gasteiger partial charge in [0.25, 0.3) is 0 Å². The third-order valence-corrected chi connectivity index (χ3v) is 3.06. The molecule has 1 rings (SSSR count). The first-order valence-electron chi connectivity index (χ1n) is 3.93. The monoisotopic (exact) mass is 234 g/mol. The highest BCUT2D eigenvalue weighted by atomic mass is 35.7. The molecule has 0 saturated heterocycles. The summed E-state index contributed by atoms with van der Waals surface area (Å²) in [6, 6.07) is 3.57. The molecule has 14 heavy (non-hydrogen) atoms. The molecule has 1 unspecified atom stereocenters. The van der Waals surface area contributed by atoms with E-state index in [0.717, 1.165) is 5.30 Å². The molecule has 1 aromatic carbocycles. The maximum Gasteiger partial charge on any atom is 0.134 e. The molecule has 0 aliphatic rings. The predicted octanol–water partition coefficient (Wildman–Crippen LogP) is 2.17. The summed E-state index contributed by atoms with van der Waals surface area (Å²) in [6.45, 7) is 0. The van der Waals surface area contributed by atoms with Gasteiger partial charge in [0.15, 0.2) is 0 Å². The van der Waals surface area contributed by atoms with Crippen LogP contribution in [0.25, 0.3) is 0 Å². The molecule has 0 N–H and O–H groups in total. The fraction of sp³-hybridized carbons (Fsp3) is 0.333. The fourth-order valence-electron chi connectivity index (χ4n) is 1.10. The Morgan fingerprint density at radius 1 is 1.00 bits per heavy atom. The van der Waals surface area contributed by atoms with Gasteiger partial charge in [0.1, 0.15) is 17.2 Å². The standard InChI is InChI=1S/C9H12ClO3P/c1-11-6-4-7(12-2)9(14-10)8(5-6)13-3/h4-5,14H,1-3H3.